The maximum Gasteiger partial charge on any atom is 0.472 e. The number of anilines is 2. The molecule has 0 radical (unpaired) electrons. The van der Waals surface area contributed by atoms with Gasteiger partial charge in [-0.3, -0.25) is 28.0 Å². The summed E-state index contributed by atoms with van der Waals surface area (Å²) in [4.78, 5) is 52.6. The Morgan fingerprint density at radius 1 is 1.02 bits per heavy atom. The van der Waals surface area contributed by atoms with E-state index in [-0.39, 0.29) is 23.1 Å². The number of ether oxygens (including phenoxy) is 4. The van der Waals surface area contributed by atoms with Crippen LogP contribution in [0.5, 0.6) is 0 Å². The molecule has 0 saturated carbocycles. The molecule has 8 N–H and O–H groups in total. The third-order valence-electron chi connectivity index (χ3n) is 6.72. The van der Waals surface area contributed by atoms with Crippen molar-refractivity contribution in [2.45, 2.75) is 49.1 Å². The molecule has 0 amide bonds. The number of hydrogen-bond acceptors (Lipinski definition) is 17. The van der Waals surface area contributed by atoms with E-state index in [0.717, 1.165) is 10.9 Å². The molecule has 9 atom stereocenters. The van der Waals surface area contributed by atoms with Crippen molar-refractivity contribution >= 4 is 30.9 Å². The highest BCUT2D eigenvalue weighted by molar-refractivity contribution is 7.47. The lowest BCUT2D eigenvalue weighted by atomic mass is 10.1. The van der Waals surface area contributed by atoms with Crippen LogP contribution in [-0.2, 0) is 32.6 Å². The van der Waals surface area contributed by atoms with E-state index >= 15 is 0 Å². The Labute approximate surface area is 234 Å². The summed E-state index contributed by atoms with van der Waals surface area (Å²) in [7, 11) is -2.42. The van der Waals surface area contributed by atoms with E-state index in [4.69, 9.17) is 39.5 Å². The van der Waals surface area contributed by atoms with Gasteiger partial charge in [-0.15, -0.1) is 0 Å². The molecule has 0 spiro atoms. The average molecular weight is 617 g/mol. The molecule has 0 bridgehead atoms. The van der Waals surface area contributed by atoms with Crippen molar-refractivity contribution in [3.8, 4) is 0 Å². The largest absolute Gasteiger partial charge is 0.472 e. The van der Waals surface area contributed by atoms with Crippen molar-refractivity contribution in [1.82, 2.24) is 34.1 Å². The van der Waals surface area contributed by atoms with Crippen LogP contribution in [0.1, 0.15) is 12.5 Å². The number of hydrogen-bond donors (Lipinski definition) is 6. The van der Waals surface area contributed by atoms with Crippen LogP contribution < -0.4 is 22.7 Å². The Balaban J connectivity index is 1.30. The number of nitrogens with one attached hydrogen (secondary N) is 1. The molecule has 42 heavy (non-hydrogen) atoms. The number of phosphoric ester groups is 1. The van der Waals surface area contributed by atoms with Gasteiger partial charge in [-0.05, 0) is 0 Å². The fourth-order valence-electron chi connectivity index (χ4n) is 4.80. The summed E-state index contributed by atoms with van der Waals surface area (Å²) >= 11 is 0. The molecule has 5 rings (SSSR count). The zero-order chi connectivity index (χ0) is 30.3. The lowest BCUT2D eigenvalue weighted by Gasteiger charge is -2.25. The van der Waals surface area contributed by atoms with Gasteiger partial charge in [0.25, 0.3) is 5.56 Å². The number of aromatic amines is 1. The van der Waals surface area contributed by atoms with Crippen LogP contribution in [-0.4, -0.2) is 113 Å². The van der Waals surface area contributed by atoms with E-state index in [1.54, 1.807) is 0 Å². The first-order valence-corrected chi connectivity index (χ1v) is 13.7. The lowest BCUT2D eigenvalue weighted by Crippen LogP contribution is -2.39. The Hall–Kier alpha value is -3.37. The number of imidazole rings is 1. The van der Waals surface area contributed by atoms with E-state index < -0.39 is 81.4 Å². The number of nitrogen functional groups attached to an aromatic ring is 2. The summed E-state index contributed by atoms with van der Waals surface area (Å²) in [6, 6.07) is 0. The number of nitrogens with two attached hydrogens (primary N) is 2. The Morgan fingerprint density at radius 2 is 1.69 bits per heavy atom. The maximum atomic E-state index is 13.0. The fourth-order valence-corrected chi connectivity index (χ4v) is 5.76. The van der Waals surface area contributed by atoms with Gasteiger partial charge in [0.2, 0.25) is 11.9 Å². The molecular weight excluding hydrogens is 589 g/mol. The highest BCUT2D eigenvalue weighted by Gasteiger charge is 2.51. The Kier molecular flexibility index (Phi) is 8.40. The predicted octanol–water partition coefficient (Wildman–Crippen LogP) is -3.38. The number of rotatable bonds is 10. The molecule has 2 aliphatic rings. The number of nitrogens with zero attached hydrogens (tertiary/aromatic N) is 6. The number of phosphoric acid groups is 1. The summed E-state index contributed by atoms with van der Waals surface area (Å²) in [5.41, 5.74) is 9.64. The van der Waals surface area contributed by atoms with Crippen molar-refractivity contribution in [3.05, 3.63) is 33.5 Å². The lowest BCUT2D eigenvalue weighted by molar-refractivity contribution is -0.0630. The first kappa shape index (κ1) is 30.1. The van der Waals surface area contributed by atoms with Gasteiger partial charge in [0.15, 0.2) is 23.6 Å². The molecule has 9 unspecified atom stereocenters. The van der Waals surface area contributed by atoms with Gasteiger partial charge in [0, 0.05) is 14.2 Å². The summed E-state index contributed by atoms with van der Waals surface area (Å²) in [6.07, 6.45) is -7.57. The fraction of sp³-hybridized carbons (Fsp3) is 0.600. The van der Waals surface area contributed by atoms with E-state index in [1.165, 1.54) is 25.1 Å². The first-order valence-electron chi connectivity index (χ1n) is 12.2. The van der Waals surface area contributed by atoms with Crippen molar-refractivity contribution in [2.75, 3.05) is 38.9 Å². The highest BCUT2D eigenvalue weighted by Crippen LogP contribution is 2.49. The minimum Gasteiger partial charge on any atom is -0.394 e. The normalized spacial score (nSPS) is 31.1. The molecular formula is C20H28N9O12P. The number of aromatic nitrogens is 7. The molecule has 230 valence electrons. The van der Waals surface area contributed by atoms with Gasteiger partial charge in [-0.2, -0.15) is 9.97 Å². The van der Waals surface area contributed by atoms with E-state index in [0.29, 0.717) is 0 Å². The van der Waals surface area contributed by atoms with Crippen LogP contribution in [0.2, 0.25) is 0 Å². The molecule has 0 aromatic carbocycles. The number of methoxy groups -OCH3 is 2. The second-order valence-corrected chi connectivity index (χ2v) is 10.6. The number of aliphatic hydroxyl groups excluding tert-OH is 2. The van der Waals surface area contributed by atoms with Crippen LogP contribution >= 0.6 is 7.82 Å². The topological polar surface area (TPSA) is 297 Å². The Bertz CT molecular complexity index is 1600. The third kappa shape index (κ3) is 5.54. The molecule has 22 heteroatoms. The van der Waals surface area contributed by atoms with Gasteiger partial charge < -0.3 is 45.5 Å². The van der Waals surface area contributed by atoms with E-state index in [2.05, 4.69) is 24.9 Å². The molecule has 0 aliphatic carbocycles. The summed E-state index contributed by atoms with van der Waals surface area (Å²) in [5, 5.41) is 20.7. The smallest absolute Gasteiger partial charge is 0.394 e. The molecule has 2 saturated heterocycles. The first-order chi connectivity index (χ1) is 20.0. The zero-order valence-electron chi connectivity index (χ0n) is 22.0. The minimum absolute atomic E-state index is 0.0406. The van der Waals surface area contributed by atoms with Gasteiger partial charge in [0.05, 0.1) is 19.5 Å². The van der Waals surface area contributed by atoms with Gasteiger partial charge >= 0.3 is 13.5 Å². The zero-order valence-corrected chi connectivity index (χ0v) is 22.9. The van der Waals surface area contributed by atoms with E-state index in [1.807, 2.05) is 0 Å². The van der Waals surface area contributed by atoms with Crippen molar-refractivity contribution < 1.29 is 47.7 Å². The second kappa shape index (κ2) is 11.7. The predicted molar refractivity (Wildman–Crippen MR) is 136 cm³/mol. The third-order valence-corrected chi connectivity index (χ3v) is 7.71. The van der Waals surface area contributed by atoms with Crippen LogP contribution in [0.15, 0.2) is 22.2 Å². The monoisotopic (exact) mass is 617 g/mol. The van der Waals surface area contributed by atoms with Crippen LogP contribution in [0, 0.1) is 0 Å². The molecule has 3 aromatic rings. The van der Waals surface area contributed by atoms with Crippen LogP contribution in [0.25, 0.3) is 11.2 Å². The summed E-state index contributed by atoms with van der Waals surface area (Å²) in [5.74, 6) is -0.463. The van der Waals surface area contributed by atoms with Crippen molar-refractivity contribution in [3.63, 3.8) is 0 Å². The molecule has 2 aliphatic heterocycles. The SMILES string of the molecule is COC1C(OP(=O)(O)OCC2OC(n3cnc4c(=O)[nH]c(N)nc43)C(OC)C2O)C(CO)OC1n1cnc(N)nc1=O. The van der Waals surface area contributed by atoms with Gasteiger partial charge in [0.1, 0.15) is 43.0 Å². The number of H-pyrrole nitrogens is 1. The minimum atomic E-state index is -4.95. The van der Waals surface area contributed by atoms with Crippen LogP contribution in [0.4, 0.5) is 11.9 Å². The molecule has 5 heterocycles. The summed E-state index contributed by atoms with van der Waals surface area (Å²) in [6.45, 7) is -1.36. The maximum absolute atomic E-state index is 13.0. The molecule has 3 aromatic heterocycles. The summed E-state index contributed by atoms with van der Waals surface area (Å²) < 4.78 is 47.9. The Morgan fingerprint density at radius 3 is 2.36 bits per heavy atom. The standard InChI is InChI=1S/C20H28N9O12P/c1-36-12-10(31)8(40-16(12)28-5-23-9-14(28)25-19(22)26-15(9)32)4-38-42(34,35)41-11-7(3-30)39-17(13(11)37-2)29-6-24-18(21)27-20(29)33/h5-8,10-13,16-17,30-31H,3-4H2,1-2H3,(H,34,35)(H2,21,27,33)(H3,22,25,26,32). The molecule has 2 fully saturated rings. The second-order valence-electron chi connectivity index (χ2n) is 9.22. The number of fused-ring (bicyclic) bond motifs is 1. The van der Waals surface area contributed by atoms with Crippen molar-refractivity contribution in [1.29, 1.82) is 0 Å². The van der Waals surface area contributed by atoms with Crippen LogP contribution in [0.3, 0.4) is 0 Å². The van der Waals surface area contributed by atoms with Gasteiger partial charge in [-0.1, -0.05) is 0 Å². The number of aliphatic hydroxyl groups is 2. The molecule has 21 nitrogen and oxygen atoms in total. The average Bonchev–Trinajstić information content (AvgIpc) is 3.60. The van der Waals surface area contributed by atoms with E-state index in [9.17, 15) is 29.3 Å². The van der Waals surface area contributed by atoms with Gasteiger partial charge in [-0.25, -0.2) is 19.3 Å². The van der Waals surface area contributed by atoms with Crippen molar-refractivity contribution in [2.24, 2.45) is 0 Å². The highest BCUT2D eigenvalue weighted by atomic mass is 31.2. The quantitative estimate of drug-likeness (QED) is 0.121.